The number of para-hydroxylation sites is 1. The van der Waals surface area contributed by atoms with Crippen LogP contribution in [-0.4, -0.2) is 15.0 Å². The van der Waals surface area contributed by atoms with Crippen LogP contribution in [0.25, 0.3) is 143 Å². The smallest absolute Gasteiger partial charge is 0.164 e. The predicted octanol–water partition coefficient (Wildman–Crippen LogP) is 17.0. The van der Waals surface area contributed by atoms with Crippen LogP contribution in [0.3, 0.4) is 0 Å². The molecule has 0 bridgehead atoms. The van der Waals surface area contributed by atoms with Crippen LogP contribution in [0.1, 0.15) is 0 Å². The maximum absolute atomic E-state index is 6.39. The fourth-order valence-electron chi connectivity index (χ4n) is 10.6. The number of hydrogen-bond donors (Lipinski definition) is 0. The Labute approximate surface area is 385 Å². The summed E-state index contributed by atoms with van der Waals surface area (Å²) in [5.41, 5.74) is 8.89. The van der Waals surface area contributed by atoms with E-state index < -0.39 is 0 Å². The summed E-state index contributed by atoms with van der Waals surface area (Å²) in [6.45, 7) is 0. The van der Waals surface area contributed by atoms with Crippen LogP contribution >= 0.6 is 0 Å². The van der Waals surface area contributed by atoms with Crippen LogP contribution < -0.4 is 0 Å². The van der Waals surface area contributed by atoms with Crippen molar-refractivity contribution < 1.29 is 4.42 Å². The molecule has 14 aromatic rings. The molecule has 12 aromatic carbocycles. The molecule has 2 heterocycles. The summed E-state index contributed by atoms with van der Waals surface area (Å²) in [5, 5.41) is 16.4. The van der Waals surface area contributed by atoms with Crippen molar-refractivity contribution in [1.29, 1.82) is 0 Å². The molecule has 67 heavy (non-hydrogen) atoms. The Kier molecular flexibility index (Phi) is 8.25. The van der Waals surface area contributed by atoms with Gasteiger partial charge < -0.3 is 4.42 Å². The Bertz CT molecular complexity index is 4230. The number of hydrogen-bond acceptors (Lipinski definition) is 4. The van der Waals surface area contributed by atoms with Crippen LogP contribution in [0.15, 0.2) is 229 Å². The molecule has 0 saturated carbocycles. The molecule has 0 radical (unpaired) electrons. The van der Waals surface area contributed by atoms with Gasteiger partial charge in [-0.2, -0.15) is 0 Å². The monoisotopic (exact) mass is 851 g/mol. The molecule has 0 aliphatic heterocycles. The molecule has 0 fully saturated rings. The number of rotatable bonds is 6. The maximum atomic E-state index is 6.39. The molecular weight excluding hydrogens is 815 g/mol. The van der Waals surface area contributed by atoms with Crippen molar-refractivity contribution in [3.8, 4) is 67.7 Å². The van der Waals surface area contributed by atoms with Crippen molar-refractivity contribution in [1.82, 2.24) is 15.0 Å². The molecule has 0 saturated heterocycles. The second-order valence-electron chi connectivity index (χ2n) is 17.5. The summed E-state index contributed by atoms with van der Waals surface area (Å²) >= 11 is 0. The van der Waals surface area contributed by atoms with E-state index in [2.05, 4.69) is 164 Å². The number of furan rings is 1. The van der Waals surface area contributed by atoms with E-state index in [0.29, 0.717) is 17.5 Å². The third kappa shape index (κ3) is 5.97. The van der Waals surface area contributed by atoms with E-state index in [-0.39, 0.29) is 0 Å². The largest absolute Gasteiger partial charge is 0.456 e. The van der Waals surface area contributed by atoms with Crippen molar-refractivity contribution in [3.63, 3.8) is 0 Å². The average Bonchev–Trinajstić information content (AvgIpc) is 3.84. The van der Waals surface area contributed by atoms with Crippen molar-refractivity contribution in [2.75, 3.05) is 0 Å². The van der Waals surface area contributed by atoms with Gasteiger partial charge in [-0.15, -0.1) is 0 Å². The second-order valence-corrected chi connectivity index (χ2v) is 17.5. The highest BCUT2D eigenvalue weighted by Gasteiger charge is 2.20. The van der Waals surface area contributed by atoms with Gasteiger partial charge in [-0.25, -0.2) is 15.0 Å². The van der Waals surface area contributed by atoms with Gasteiger partial charge in [-0.05, 0) is 111 Å². The zero-order valence-electron chi connectivity index (χ0n) is 36.1. The van der Waals surface area contributed by atoms with Crippen LogP contribution in [-0.2, 0) is 0 Å². The first kappa shape index (κ1) is 37.4. The first-order valence-corrected chi connectivity index (χ1v) is 22.7. The summed E-state index contributed by atoms with van der Waals surface area (Å²) in [6.07, 6.45) is 0. The predicted molar refractivity (Wildman–Crippen MR) is 278 cm³/mol. The van der Waals surface area contributed by atoms with E-state index in [9.17, 15) is 0 Å². The van der Waals surface area contributed by atoms with Crippen molar-refractivity contribution in [3.05, 3.63) is 224 Å². The Hall–Kier alpha value is -8.99. The quantitative estimate of drug-likeness (QED) is 0.156. The van der Waals surface area contributed by atoms with E-state index in [1.54, 1.807) is 0 Å². The summed E-state index contributed by atoms with van der Waals surface area (Å²) in [7, 11) is 0. The molecule has 2 aromatic heterocycles. The third-order valence-corrected chi connectivity index (χ3v) is 13.6. The molecule has 310 valence electrons. The summed E-state index contributed by atoms with van der Waals surface area (Å²) in [5.74, 6) is 2.54. The molecular formula is C63H37N3O. The highest BCUT2D eigenvalue weighted by Crippen LogP contribution is 2.45. The highest BCUT2D eigenvalue weighted by molar-refractivity contribution is 6.37. The molecule has 14 rings (SSSR count). The highest BCUT2D eigenvalue weighted by atomic mass is 16.3. The zero-order valence-corrected chi connectivity index (χ0v) is 36.1. The van der Waals surface area contributed by atoms with Gasteiger partial charge in [0, 0.05) is 27.6 Å². The van der Waals surface area contributed by atoms with Gasteiger partial charge in [0.25, 0.3) is 0 Å². The van der Waals surface area contributed by atoms with Gasteiger partial charge in [0.15, 0.2) is 17.5 Å². The standard InChI is InChI=1S/C63H37N3O/c1-2-13-43(14-3-1)61-64-62(66-63(65-61)53-22-8-6-20-48(53)56-37-44-15-4-9-26-55(44)67-56)52-21-7-5-19-47(52)39-29-27-38(28-30-39)46-35-45-34-33-42-17-11-24-50-49-23-10-16-40-31-32-41-18-12-25-51(59(41)57(40)49)54(36-46)60(45)58(42)50/h1-37H. The van der Waals surface area contributed by atoms with Gasteiger partial charge in [-0.1, -0.05) is 200 Å². The van der Waals surface area contributed by atoms with E-state index >= 15 is 0 Å². The topological polar surface area (TPSA) is 51.8 Å². The van der Waals surface area contributed by atoms with Crippen LogP contribution in [0.4, 0.5) is 0 Å². The van der Waals surface area contributed by atoms with Gasteiger partial charge in [0.1, 0.15) is 11.3 Å². The van der Waals surface area contributed by atoms with E-state index in [0.717, 1.165) is 55.7 Å². The lowest BCUT2D eigenvalue weighted by Crippen LogP contribution is -2.01. The fourth-order valence-corrected chi connectivity index (χ4v) is 10.6. The first-order chi connectivity index (χ1) is 33.2. The molecule has 0 aliphatic carbocycles. The van der Waals surface area contributed by atoms with Crippen LogP contribution in [0.2, 0.25) is 0 Å². The average molecular weight is 852 g/mol. The van der Waals surface area contributed by atoms with E-state index in [4.69, 9.17) is 19.4 Å². The second kappa shape index (κ2) is 14.8. The molecule has 0 unspecified atom stereocenters. The lowest BCUT2D eigenvalue weighted by Gasteiger charge is -2.17. The molecule has 0 spiro atoms. The summed E-state index contributed by atoms with van der Waals surface area (Å²) in [4.78, 5) is 15.6. The van der Waals surface area contributed by atoms with Crippen LogP contribution in [0.5, 0.6) is 0 Å². The van der Waals surface area contributed by atoms with Gasteiger partial charge in [0.05, 0.1) is 0 Å². The third-order valence-electron chi connectivity index (χ3n) is 13.6. The van der Waals surface area contributed by atoms with E-state index in [1.165, 1.54) is 70.2 Å². The Morgan fingerprint density at radius 3 is 1.37 bits per heavy atom. The summed E-state index contributed by atoms with van der Waals surface area (Å²) in [6, 6.07) is 80.1. The molecule has 4 heteroatoms. The van der Waals surface area contributed by atoms with Gasteiger partial charge in [-0.3, -0.25) is 0 Å². The number of aromatic nitrogens is 3. The fraction of sp³-hybridized carbons (Fsp3) is 0. The van der Waals surface area contributed by atoms with Crippen molar-refractivity contribution >= 4 is 75.6 Å². The molecule has 0 atom stereocenters. The summed E-state index contributed by atoms with van der Waals surface area (Å²) < 4.78 is 6.39. The van der Waals surface area contributed by atoms with Crippen molar-refractivity contribution in [2.24, 2.45) is 0 Å². The van der Waals surface area contributed by atoms with Crippen LogP contribution in [0, 0.1) is 0 Å². The molecule has 0 N–H and O–H groups in total. The lowest BCUT2D eigenvalue weighted by molar-refractivity contribution is 0.631. The number of benzene rings is 11. The minimum absolute atomic E-state index is 0.576. The minimum Gasteiger partial charge on any atom is -0.456 e. The minimum atomic E-state index is 0.576. The molecule has 0 aliphatic rings. The Balaban J connectivity index is 0.925. The number of fused-ring (bicyclic) bond motifs is 3. The Morgan fingerprint density at radius 2 is 0.731 bits per heavy atom. The molecule has 4 nitrogen and oxygen atoms in total. The van der Waals surface area contributed by atoms with Gasteiger partial charge in [0.2, 0.25) is 0 Å². The van der Waals surface area contributed by atoms with Crippen molar-refractivity contribution in [2.45, 2.75) is 0 Å². The van der Waals surface area contributed by atoms with Gasteiger partial charge >= 0.3 is 0 Å². The first-order valence-electron chi connectivity index (χ1n) is 22.7. The lowest BCUT2D eigenvalue weighted by atomic mass is 9.86. The SMILES string of the molecule is c1ccc(-c2nc(-c3ccccc3-c3ccc(-c4cc5ccc6cccc7c8cccc9ccc%10cccc(c(c4)c5c67)c%10c98)cc3)nc(-c3ccccc3-c3cc4ccccc4o3)n2)cc1. The maximum Gasteiger partial charge on any atom is 0.164 e. The Morgan fingerprint density at radius 1 is 0.254 bits per heavy atom. The zero-order chi connectivity index (χ0) is 44.0. The molecule has 0 amide bonds. The van der Waals surface area contributed by atoms with E-state index in [1.807, 2.05) is 60.7 Å². The number of nitrogens with zero attached hydrogens (tertiary/aromatic N) is 3. The normalized spacial score (nSPS) is 11.9.